The Kier molecular flexibility index (Phi) is 4.48. The Bertz CT molecular complexity index is 338. The first-order valence-corrected chi connectivity index (χ1v) is 5.91. The molecule has 5 heteroatoms. The van der Waals surface area contributed by atoms with Crippen molar-refractivity contribution in [3.05, 3.63) is 11.3 Å². The zero-order valence-electron chi connectivity index (χ0n) is 9.95. The van der Waals surface area contributed by atoms with Gasteiger partial charge in [-0.25, -0.2) is 0 Å². The molecule has 4 nitrogen and oxygen atoms in total. The van der Waals surface area contributed by atoms with E-state index in [1.165, 1.54) is 0 Å². The number of allylic oxidation sites excluding steroid dienone is 2. The van der Waals surface area contributed by atoms with Crippen LogP contribution in [-0.2, 0) is 14.3 Å². The van der Waals surface area contributed by atoms with Crippen LogP contribution in [0.5, 0.6) is 0 Å². The Labute approximate surface area is 98.3 Å². The summed E-state index contributed by atoms with van der Waals surface area (Å²) in [4.78, 5) is 23.7. The number of ketones is 1. The Morgan fingerprint density at radius 1 is 1.56 bits per heavy atom. The summed E-state index contributed by atoms with van der Waals surface area (Å²) in [6, 6.07) is 0. The molecule has 1 aliphatic rings. The molecular formula is C11H18NO3P. The van der Waals surface area contributed by atoms with Gasteiger partial charge in [-0.1, -0.05) is 0 Å². The van der Waals surface area contributed by atoms with Crippen LogP contribution < -0.4 is 0 Å². The van der Waals surface area contributed by atoms with Gasteiger partial charge in [0.25, 0.3) is 0 Å². The normalized spacial score (nSPS) is 22.1. The number of rotatable bonds is 2. The predicted octanol–water partition coefficient (Wildman–Crippen LogP) is 1.52. The van der Waals surface area contributed by atoms with E-state index in [4.69, 9.17) is 4.74 Å². The van der Waals surface area contributed by atoms with Crippen LogP contribution in [0.1, 0.15) is 27.2 Å². The summed E-state index contributed by atoms with van der Waals surface area (Å²) < 4.78 is 6.84. The number of esters is 1. The van der Waals surface area contributed by atoms with Crippen molar-refractivity contribution in [2.75, 3.05) is 13.2 Å². The van der Waals surface area contributed by atoms with Gasteiger partial charge in [-0.2, -0.15) is 0 Å². The van der Waals surface area contributed by atoms with Crippen molar-refractivity contribution in [1.82, 2.24) is 4.67 Å². The molecule has 1 rings (SSSR count). The first-order chi connectivity index (χ1) is 7.49. The fraction of sp³-hybridized carbons (Fsp3) is 0.636. The zero-order chi connectivity index (χ0) is 12.3. The van der Waals surface area contributed by atoms with E-state index >= 15 is 0 Å². The van der Waals surface area contributed by atoms with Gasteiger partial charge in [-0.15, -0.1) is 0 Å². The van der Waals surface area contributed by atoms with E-state index in [-0.39, 0.29) is 5.78 Å². The van der Waals surface area contributed by atoms with Gasteiger partial charge in [-0.3, -0.25) is 9.59 Å². The molecule has 0 aromatic heterocycles. The first kappa shape index (κ1) is 13.2. The molecule has 0 spiro atoms. The maximum absolute atomic E-state index is 12.0. The summed E-state index contributed by atoms with van der Waals surface area (Å²) in [5.41, 5.74) is 1.55. The van der Waals surface area contributed by atoms with Crippen molar-refractivity contribution in [2.45, 2.75) is 27.2 Å². The summed E-state index contributed by atoms with van der Waals surface area (Å²) in [6.07, 6.45) is 0.510. The van der Waals surface area contributed by atoms with Crippen LogP contribution in [0.3, 0.4) is 0 Å². The number of hydrogen-bond donors (Lipinski definition) is 0. The van der Waals surface area contributed by atoms with Crippen molar-refractivity contribution in [1.29, 1.82) is 0 Å². The van der Waals surface area contributed by atoms with Gasteiger partial charge in [-0.05, 0) is 36.6 Å². The second-order valence-electron chi connectivity index (χ2n) is 3.86. The Morgan fingerprint density at radius 2 is 2.19 bits per heavy atom. The molecule has 0 aromatic carbocycles. The minimum absolute atomic E-state index is 0.110. The third-order valence-electron chi connectivity index (χ3n) is 2.89. The molecule has 0 radical (unpaired) electrons. The summed E-state index contributed by atoms with van der Waals surface area (Å²) >= 11 is 0. The second-order valence-corrected chi connectivity index (χ2v) is 4.48. The summed E-state index contributed by atoms with van der Waals surface area (Å²) in [5, 5.41) is 0. The number of hydrogen-bond acceptors (Lipinski definition) is 4. The SMILES string of the molecule is CCOC(=O)C1CCN(P)C(C)=C(C)C1=O. The van der Waals surface area contributed by atoms with Gasteiger partial charge in [0, 0.05) is 17.8 Å². The molecule has 1 heterocycles. The number of Topliss-reactive ketones (excluding diaryl/α,β-unsaturated/α-hetero) is 1. The summed E-state index contributed by atoms with van der Waals surface area (Å²) in [5.74, 6) is -1.15. The lowest BCUT2D eigenvalue weighted by molar-refractivity contribution is -0.150. The maximum atomic E-state index is 12.0. The molecule has 0 saturated carbocycles. The highest BCUT2D eigenvalue weighted by molar-refractivity contribution is 7.13. The smallest absolute Gasteiger partial charge is 0.316 e. The van der Waals surface area contributed by atoms with Crippen molar-refractivity contribution < 1.29 is 14.3 Å². The first-order valence-electron chi connectivity index (χ1n) is 5.39. The lowest BCUT2D eigenvalue weighted by Crippen LogP contribution is -2.27. The van der Waals surface area contributed by atoms with Gasteiger partial charge < -0.3 is 9.41 Å². The zero-order valence-corrected chi connectivity index (χ0v) is 11.1. The molecular weight excluding hydrogens is 225 g/mol. The van der Waals surface area contributed by atoms with Crippen LogP contribution in [-0.4, -0.2) is 29.6 Å². The molecule has 0 fully saturated rings. The number of carbonyl (C=O) groups excluding carboxylic acids is 2. The molecule has 0 bridgehead atoms. The average molecular weight is 243 g/mol. The molecule has 1 aliphatic heterocycles. The largest absolute Gasteiger partial charge is 0.465 e. The van der Waals surface area contributed by atoms with Crippen LogP contribution >= 0.6 is 9.39 Å². The molecule has 16 heavy (non-hydrogen) atoms. The van der Waals surface area contributed by atoms with E-state index in [1.807, 2.05) is 11.6 Å². The summed E-state index contributed by atoms with van der Waals surface area (Å²) in [7, 11) is 2.56. The Balaban J connectivity index is 2.92. The molecule has 2 unspecified atom stereocenters. The third kappa shape index (κ3) is 2.62. The standard InChI is InChI=1S/C11H18NO3P/c1-4-15-11(14)9-5-6-12(16)8(3)7(2)10(9)13/h9H,4-6,16H2,1-3H3. The van der Waals surface area contributed by atoms with E-state index in [0.29, 0.717) is 25.1 Å². The van der Waals surface area contributed by atoms with E-state index in [9.17, 15) is 9.59 Å². The van der Waals surface area contributed by atoms with E-state index in [0.717, 1.165) is 5.70 Å². The fourth-order valence-electron chi connectivity index (χ4n) is 1.69. The highest BCUT2D eigenvalue weighted by Gasteiger charge is 2.32. The Morgan fingerprint density at radius 3 is 2.75 bits per heavy atom. The fourth-order valence-corrected chi connectivity index (χ4v) is 2.03. The average Bonchev–Trinajstić information content (AvgIpc) is 2.34. The molecule has 90 valence electrons. The van der Waals surface area contributed by atoms with E-state index in [2.05, 4.69) is 9.39 Å². The monoisotopic (exact) mass is 243 g/mol. The van der Waals surface area contributed by atoms with Crippen molar-refractivity contribution >= 4 is 21.1 Å². The third-order valence-corrected chi connectivity index (χ3v) is 3.53. The van der Waals surface area contributed by atoms with Gasteiger partial charge in [0.1, 0.15) is 5.92 Å². The van der Waals surface area contributed by atoms with Crippen molar-refractivity contribution in [2.24, 2.45) is 5.92 Å². The van der Waals surface area contributed by atoms with Crippen LogP contribution in [0.2, 0.25) is 0 Å². The minimum Gasteiger partial charge on any atom is -0.465 e. The lowest BCUT2D eigenvalue weighted by Gasteiger charge is -2.17. The minimum atomic E-state index is -0.638. The molecule has 0 aliphatic carbocycles. The Hall–Kier alpha value is -0.890. The van der Waals surface area contributed by atoms with Crippen LogP contribution in [0.4, 0.5) is 0 Å². The molecule has 0 saturated heterocycles. The van der Waals surface area contributed by atoms with Crippen molar-refractivity contribution in [3.8, 4) is 0 Å². The van der Waals surface area contributed by atoms with Crippen LogP contribution in [0.25, 0.3) is 0 Å². The number of carbonyl (C=O) groups is 2. The van der Waals surface area contributed by atoms with Gasteiger partial charge in [0.15, 0.2) is 5.78 Å². The predicted molar refractivity (Wildman–Crippen MR) is 64.5 cm³/mol. The highest BCUT2D eigenvalue weighted by atomic mass is 31.0. The highest BCUT2D eigenvalue weighted by Crippen LogP contribution is 2.25. The molecule has 0 aromatic rings. The second kappa shape index (κ2) is 5.44. The lowest BCUT2D eigenvalue weighted by atomic mass is 9.96. The summed E-state index contributed by atoms with van der Waals surface area (Å²) in [6.45, 7) is 6.37. The van der Waals surface area contributed by atoms with Gasteiger partial charge >= 0.3 is 5.97 Å². The maximum Gasteiger partial charge on any atom is 0.316 e. The van der Waals surface area contributed by atoms with E-state index in [1.54, 1.807) is 13.8 Å². The molecule has 0 N–H and O–H groups in total. The van der Waals surface area contributed by atoms with Gasteiger partial charge in [0.2, 0.25) is 0 Å². The van der Waals surface area contributed by atoms with Crippen molar-refractivity contribution in [3.63, 3.8) is 0 Å². The van der Waals surface area contributed by atoms with Gasteiger partial charge in [0.05, 0.1) is 6.61 Å². The van der Waals surface area contributed by atoms with E-state index < -0.39 is 11.9 Å². The number of nitrogens with zero attached hydrogens (tertiary/aromatic N) is 1. The van der Waals surface area contributed by atoms with Crippen LogP contribution in [0, 0.1) is 5.92 Å². The quantitative estimate of drug-likeness (QED) is 0.419. The van der Waals surface area contributed by atoms with Crippen LogP contribution in [0.15, 0.2) is 11.3 Å². The topological polar surface area (TPSA) is 46.6 Å². The molecule has 0 amide bonds. The number of ether oxygens (including phenoxy) is 1. The molecule has 2 atom stereocenters.